The maximum atomic E-state index is 11.0. The normalized spacial score (nSPS) is 20.5. The number of aliphatic carboxylic acids is 1. The lowest BCUT2D eigenvalue weighted by molar-refractivity contribution is -0.142. The SMILES string of the molecule is CCOc1cc(CNC2CCC(C(=O)O)CC2)ccc1OCC(C)C. The van der Waals surface area contributed by atoms with Gasteiger partial charge in [-0.25, -0.2) is 0 Å². The Bertz CT molecular complexity index is 551. The van der Waals surface area contributed by atoms with E-state index >= 15 is 0 Å². The zero-order chi connectivity index (χ0) is 18.2. The number of carboxylic acid groups (broad SMARTS) is 1. The Balaban J connectivity index is 1.89. The number of hydrogen-bond acceptors (Lipinski definition) is 4. The van der Waals surface area contributed by atoms with Crippen LogP contribution in [-0.2, 0) is 11.3 Å². The highest BCUT2D eigenvalue weighted by atomic mass is 16.5. The van der Waals surface area contributed by atoms with Gasteiger partial charge in [-0.3, -0.25) is 4.79 Å². The van der Waals surface area contributed by atoms with Crippen LogP contribution in [0.1, 0.15) is 52.0 Å². The van der Waals surface area contributed by atoms with Gasteiger partial charge >= 0.3 is 5.97 Å². The third-order valence-electron chi connectivity index (χ3n) is 4.55. The van der Waals surface area contributed by atoms with E-state index in [1.807, 2.05) is 19.1 Å². The van der Waals surface area contributed by atoms with Gasteiger partial charge in [-0.1, -0.05) is 19.9 Å². The maximum Gasteiger partial charge on any atom is 0.306 e. The standard InChI is InChI=1S/C20H31NO4/c1-4-24-19-11-15(5-10-18(19)25-13-14(2)3)12-21-17-8-6-16(7-9-17)20(22)23/h5,10-11,14,16-17,21H,4,6-9,12-13H2,1-3H3,(H,22,23). The van der Waals surface area contributed by atoms with Crippen molar-refractivity contribution in [3.05, 3.63) is 23.8 Å². The molecule has 0 saturated heterocycles. The smallest absolute Gasteiger partial charge is 0.306 e. The fraction of sp³-hybridized carbons (Fsp3) is 0.650. The minimum atomic E-state index is -0.656. The Labute approximate surface area is 150 Å². The quantitative estimate of drug-likeness (QED) is 0.709. The van der Waals surface area contributed by atoms with Crippen LogP contribution >= 0.6 is 0 Å². The van der Waals surface area contributed by atoms with Crippen LogP contribution in [0.5, 0.6) is 11.5 Å². The molecule has 0 atom stereocenters. The van der Waals surface area contributed by atoms with Gasteiger partial charge in [0, 0.05) is 12.6 Å². The highest BCUT2D eigenvalue weighted by molar-refractivity contribution is 5.70. The van der Waals surface area contributed by atoms with Gasteiger partial charge in [0.05, 0.1) is 19.1 Å². The van der Waals surface area contributed by atoms with Crippen LogP contribution < -0.4 is 14.8 Å². The molecule has 1 aliphatic rings. The maximum absolute atomic E-state index is 11.0. The number of rotatable bonds is 9. The molecule has 140 valence electrons. The van der Waals surface area contributed by atoms with Crippen LogP contribution in [0.4, 0.5) is 0 Å². The Morgan fingerprint density at radius 1 is 1.20 bits per heavy atom. The first kappa shape index (κ1) is 19.6. The van der Waals surface area contributed by atoms with Gasteiger partial charge in [0.2, 0.25) is 0 Å². The van der Waals surface area contributed by atoms with Crippen molar-refractivity contribution in [3.8, 4) is 11.5 Å². The number of benzene rings is 1. The second-order valence-corrected chi connectivity index (χ2v) is 7.19. The summed E-state index contributed by atoms with van der Waals surface area (Å²) in [6, 6.07) is 6.47. The van der Waals surface area contributed by atoms with Crippen molar-refractivity contribution < 1.29 is 19.4 Å². The molecule has 0 aromatic heterocycles. The van der Waals surface area contributed by atoms with E-state index in [0.717, 1.165) is 49.3 Å². The lowest BCUT2D eigenvalue weighted by Gasteiger charge is -2.27. The van der Waals surface area contributed by atoms with E-state index in [9.17, 15) is 4.79 Å². The Morgan fingerprint density at radius 2 is 1.92 bits per heavy atom. The highest BCUT2D eigenvalue weighted by Gasteiger charge is 2.25. The molecule has 1 aliphatic carbocycles. The van der Waals surface area contributed by atoms with E-state index in [0.29, 0.717) is 25.2 Å². The van der Waals surface area contributed by atoms with Gasteiger partial charge < -0.3 is 19.9 Å². The van der Waals surface area contributed by atoms with Crippen LogP contribution in [0.15, 0.2) is 18.2 Å². The predicted molar refractivity (Wildman–Crippen MR) is 98.2 cm³/mol. The second kappa shape index (κ2) is 9.66. The molecule has 1 aromatic carbocycles. The number of carboxylic acids is 1. The molecule has 2 N–H and O–H groups in total. The van der Waals surface area contributed by atoms with Crippen molar-refractivity contribution in [2.45, 2.75) is 59.0 Å². The van der Waals surface area contributed by atoms with E-state index in [2.05, 4.69) is 25.2 Å². The van der Waals surface area contributed by atoms with E-state index < -0.39 is 5.97 Å². The van der Waals surface area contributed by atoms with E-state index in [1.54, 1.807) is 0 Å². The second-order valence-electron chi connectivity index (χ2n) is 7.19. The summed E-state index contributed by atoms with van der Waals surface area (Å²) >= 11 is 0. The Kier molecular flexibility index (Phi) is 7.56. The van der Waals surface area contributed by atoms with Crippen molar-refractivity contribution in [2.24, 2.45) is 11.8 Å². The van der Waals surface area contributed by atoms with Crippen molar-refractivity contribution in [2.75, 3.05) is 13.2 Å². The van der Waals surface area contributed by atoms with E-state index in [1.165, 1.54) is 0 Å². The van der Waals surface area contributed by atoms with Crippen LogP contribution in [0, 0.1) is 11.8 Å². The first-order valence-corrected chi connectivity index (χ1v) is 9.34. The van der Waals surface area contributed by atoms with Gasteiger partial charge in [0.15, 0.2) is 11.5 Å². The summed E-state index contributed by atoms with van der Waals surface area (Å²) < 4.78 is 11.6. The van der Waals surface area contributed by atoms with Gasteiger partial charge in [-0.15, -0.1) is 0 Å². The van der Waals surface area contributed by atoms with Crippen LogP contribution in [0.2, 0.25) is 0 Å². The molecular weight excluding hydrogens is 318 g/mol. The molecule has 25 heavy (non-hydrogen) atoms. The molecule has 0 radical (unpaired) electrons. The van der Waals surface area contributed by atoms with Crippen LogP contribution in [0.3, 0.4) is 0 Å². The van der Waals surface area contributed by atoms with Gasteiger partial charge in [0.25, 0.3) is 0 Å². The topological polar surface area (TPSA) is 67.8 Å². The Hall–Kier alpha value is -1.75. The average molecular weight is 349 g/mol. The first-order chi connectivity index (χ1) is 12.0. The monoisotopic (exact) mass is 349 g/mol. The molecule has 1 saturated carbocycles. The molecule has 5 nitrogen and oxygen atoms in total. The number of ether oxygens (including phenoxy) is 2. The summed E-state index contributed by atoms with van der Waals surface area (Å²) in [4.78, 5) is 11.0. The highest BCUT2D eigenvalue weighted by Crippen LogP contribution is 2.29. The van der Waals surface area contributed by atoms with Crippen molar-refractivity contribution >= 4 is 5.97 Å². The molecular formula is C20H31NO4. The molecule has 0 spiro atoms. The molecule has 0 amide bonds. The minimum Gasteiger partial charge on any atom is -0.490 e. The number of nitrogens with one attached hydrogen (secondary N) is 1. The Morgan fingerprint density at radius 3 is 2.52 bits per heavy atom. The number of carbonyl (C=O) groups is 1. The molecule has 0 aliphatic heterocycles. The molecule has 0 bridgehead atoms. The third kappa shape index (κ3) is 6.24. The third-order valence-corrected chi connectivity index (χ3v) is 4.55. The van der Waals surface area contributed by atoms with Crippen LogP contribution in [0.25, 0.3) is 0 Å². The summed E-state index contributed by atoms with van der Waals surface area (Å²) in [7, 11) is 0. The molecule has 1 fully saturated rings. The van der Waals surface area contributed by atoms with Gasteiger partial charge in [-0.2, -0.15) is 0 Å². The molecule has 2 rings (SSSR count). The van der Waals surface area contributed by atoms with Crippen molar-refractivity contribution in [3.63, 3.8) is 0 Å². The zero-order valence-corrected chi connectivity index (χ0v) is 15.6. The molecule has 0 unspecified atom stereocenters. The summed E-state index contributed by atoms with van der Waals surface area (Å²) in [5, 5.41) is 12.6. The van der Waals surface area contributed by atoms with Gasteiger partial charge in [-0.05, 0) is 56.2 Å². The molecule has 0 heterocycles. The first-order valence-electron chi connectivity index (χ1n) is 9.34. The summed E-state index contributed by atoms with van der Waals surface area (Å²) in [5.41, 5.74) is 1.15. The van der Waals surface area contributed by atoms with Crippen molar-refractivity contribution in [1.82, 2.24) is 5.32 Å². The number of hydrogen-bond donors (Lipinski definition) is 2. The van der Waals surface area contributed by atoms with E-state index in [-0.39, 0.29) is 5.92 Å². The van der Waals surface area contributed by atoms with Gasteiger partial charge in [0.1, 0.15) is 0 Å². The fourth-order valence-electron chi connectivity index (χ4n) is 3.11. The zero-order valence-electron chi connectivity index (χ0n) is 15.6. The summed E-state index contributed by atoms with van der Waals surface area (Å²) in [5.74, 6) is 1.23. The lowest BCUT2D eigenvalue weighted by atomic mass is 9.86. The fourth-order valence-corrected chi connectivity index (χ4v) is 3.11. The summed E-state index contributed by atoms with van der Waals surface area (Å²) in [6.45, 7) is 8.25. The average Bonchev–Trinajstić information content (AvgIpc) is 2.59. The molecule has 5 heteroatoms. The minimum absolute atomic E-state index is 0.167. The van der Waals surface area contributed by atoms with E-state index in [4.69, 9.17) is 14.6 Å². The summed E-state index contributed by atoms with van der Waals surface area (Å²) in [6.07, 6.45) is 3.37. The van der Waals surface area contributed by atoms with Crippen molar-refractivity contribution in [1.29, 1.82) is 0 Å². The molecule has 1 aromatic rings. The predicted octanol–water partition coefficient (Wildman–Crippen LogP) is 3.85. The largest absolute Gasteiger partial charge is 0.490 e. The lowest BCUT2D eigenvalue weighted by Crippen LogP contribution is -2.34. The van der Waals surface area contributed by atoms with Crippen LogP contribution in [-0.4, -0.2) is 30.3 Å².